The molecule has 2 aromatic heterocycles. The highest BCUT2D eigenvalue weighted by atomic mass is 35.5. The second-order valence-electron chi connectivity index (χ2n) is 10.1. The maximum absolute atomic E-state index is 14.7. The smallest absolute Gasteiger partial charge is 0.319 e. The number of aryl methyl sites for hydroxylation is 1. The van der Waals surface area contributed by atoms with E-state index in [9.17, 15) is 14.0 Å². The van der Waals surface area contributed by atoms with Gasteiger partial charge in [-0.05, 0) is 57.5 Å². The van der Waals surface area contributed by atoms with Crippen molar-refractivity contribution in [2.45, 2.75) is 39.3 Å². The number of carbonyl (C=O) groups is 2. The van der Waals surface area contributed by atoms with Crippen LogP contribution in [0.25, 0.3) is 11.4 Å². The number of ether oxygens (including phenoxy) is 2. The maximum atomic E-state index is 14.7. The summed E-state index contributed by atoms with van der Waals surface area (Å²) in [6.45, 7) is 7.91. The summed E-state index contributed by atoms with van der Waals surface area (Å²) < 4.78 is 27.5. The van der Waals surface area contributed by atoms with Gasteiger partial charge in [0.2, 0.25) is 5.88 Å². The molecule has 4 heterocycles. The molecule has 10 nitrogen and oxygen atoms in total. The molecule has 2 aliphatic rings. The Kier molecular flexibility index (Phi) is 6.22. The molecule has 1 spiro atoms. The van der Waals surface area contributed by atoms with Crippen molar-refractivity contribution in [2.24, 2.45) is 0 Å². The second-order valence-corrected chi connectivity index (χ2v) is 10.5. The Morgan fingerprint density at radius 1 is 1.15 bits per heavy atom. The van der Waals surface area contributed by atoms with Gasteiger partial charge < -0.3 is 19.4 Å². The number of anilines is 2. The number of carbonyl (C=O) groups excluding carboxylic acids is 2. The predicted octanol–water partition coefficient (Wildman–Crippen LogP) is 5.29. The van der Waals surface area contributed by atoms with Gasteiger partial charge in [0.15, 0.2) is 11.2 Å². The van der Waals surface area contributed by atoms with Gasteiger partial charge in [0, 0.05) is 28.5 Å². The monoisotopic (exact) mass is 576 g/mol. The molecule has 41 heavy (non-hydrogen) atoms. The van der Waals surface area contributed by atoms with Gasteiger partial charge in [-0.15, -0.1) is 0 Å². The van der Waals surface area contributed by atoms with Crippen molar-refractivity contribution in [2.75, 3.05) is 23.9 Å². The summed E-state index contributed by atoms with van der Waals surface area (Å²) in [5, 5.41) is 3.04. The third-order valence-corrected chi connectivity index (χ3v) is 7.42. The second kappa shape index (κ2) is 9.55. The molecule has 0 saturated carbocycles. The molecule has 2 amide bonds. The summed E-state index contributed by atoms with van der Waals surface area (Å²) in [6, 6.07) is 9.12. The van der Waals surface area contributed by atoms with Gasteiger partial charge in [0.1, 0.15) is 11.6 Å². The topological polar surface area (TPSA) is 111 Å². The number of benzene rings is 2. The number of imidazole rings is 1. The van der Waals surface area contributed by atoms with Gasteiger partial charge in [-0.25, -0.2) is 14.4 Å². The van der Waals surface area contributed by atoms with E-state index in [2.05, 4.69) is 15.3 Å². The summed E-state index contributed by atoms with van der Waals surface area (Å²) in [4.78, 5) is 43.3. The number of halogens is 2. The summed E-state index contributed by atoms with van der Waals surface area (Å²) >= 11 is 6.23. The molecule has 1 atom stereocenters. The fourth-order valence-corrected chi connectivity index (χ4v) is 5.91. The summed E-state index contributed by atoms with van der Waals surface area (Å²) in [5.74, 6) is -1.18. The lowest BCUT2D eigenvalue weighted by atomic mass is 9.86. The molecule has 4 aromatic rings. The SMILES string of the molecule is CCOc1ncc(-c2nc3c(n2C(C)C)C2(C(=O)Nc4cc(C)ccc42)N(c2cc(F)cc(Cl)c2)C3=O)c(OC)n1. The van der Waals surface area contributed by atoms with Crippen LogP contribution in [0.3, 0.4) is 0 Å². The molecule has 0 saturated heterocycles. The first-order valence-corrected chi connectivity index (χ1v) is 13.4. The molecule has 1 N–H and O–H groups in total. The van der Waals surface area contributed by atoms with E-state index in [4.69, 9.17) is 26.1 Å². The Hall–Kier alpha value is -4.51. The molecule has 1 unspecified atom stereocenters. The number of fused-ring (bicyclic) bond motifs is 4. The third kappa shape index (κ3) is 3.79. The number of nitrogens with zero attached hydrogens (tertiary/aromatic N) is 5. The van der Waals surface area contributed by atoms with Crippen molar-refractivity contribution >= 4 is 34.8 Å². The van der Waals surface area contributed by atoms with E-state index in [1.165, 1.54) is 30.3 Å². The quantitative estimate of drug-likeness (QED) is 0.332. The van der Waals surface area contributed by atoms with Crippen molar-refractivity contribution in [1.29, 1.82) is 0 Å². The minimum Gasteiger partial charge on any atom is -0.480 e. The zero-order valence-electron chi connectivity index (χ0n) is 23.0. The van der Waals surface area contributed by atoms with E-state index < -0.39 is 23.2 Å². The first-order valence-electron chi connectivity index (χ1n) is 13.0. The molecule has 2 aromatic carbocycles. The van der Waals surface area contributed by atoms with E-state index in [-0.39, 0.29) is 34.3 Å². The highest BCUT2D eigenvalue weighted by Gasteiger charge is 2.64. The van der Waals surface area contributed by atoms with Crippen LogP contribution in [-0.4, -0.2) is 45.1 Å². The largest absolute Gasteiger partial charge is 0.480 e. The van der Waals surface area contributed by atoms with E-state index >= 15 is 0 Å². The van der Waals surface area contributed by atoms with Crippen molar-refractivity contribution < 1.29 is 23.5 Å². The van der Waals surface area contributed by atoms with Crippen molar-refractivity contribution in [3.63, 3.8) is 0 Å². The normalized spacial score (nSPS) is 17.3. The number of aromatic nitrogens is 4. The molecule has 0 fully saturated rings. The molecule has 2 aliphatic heterocycles. The van der Waals surface area contributed by atoms with Gasteiger partial charge >= 0.3 is 6.01 Å². The van der Waals surface area contributed by atoms with Crippen LogP contribution in [0.4, 0.5) is 15.8 Å². The number of rotatable bonds is 6. The molecular formula is C29H26ClFN6O4. The lowest BCUT2D eigenvalue weighted by Crippen LogP contribution is -2.51. The van der Waals surface area contributed by atoms with E-state index in [1.54, 1.807) is 6.07 Å². The van der Waals surface area contributed by atoms with Crippen molar-refractivity contribution in [3.8, 4) is 23.3 Å². The maximum Gasteiger partial charge on any atom is 0.319 e. The Balaban J connectivity index is 1.69. The fourth-order valence-electron chi connectivity index (χ4n) is 5.69. The number of hydrogen-bond acceptors (Lipinski definition) is 7. The average Bonchev–Trinajstić information content (AvgIpc) is 3.52. The summed E-state index contributed by atoms with van der Waals surface area (Å²) in [5.41, 5.74) is 1.19. The Morgan fingerprint density at radius 3 is 2.61 bits per heavy atom. The van der Waals surface area contributed by atoms with Crippen LogP contribution in [0.5, 0.6) is 11.9 Å². The minimum absolute atomic E-state index is 0.0357. The molecule has 0 radical (unpaired) electrons. The molecular weight excluding hydrogens is 551 g/mol. The van der Waals surface area contributed by atoms with Gasteiger partial charge in [-0.2, -0.15) is 4.98 Å². The van der Waals surface area contributed by atoms with E-state index in [1.807, 2.05) is 44.4 Å². The van der Waals surface area contributed by atoms with Gasteiger partial charge in [-0.3, -0.25) is 14.5 Å². The molecule has 210 valence electrons. The zero-order valence-corrected chi connectivity index (χ0v) is 23.7. The number of hydrogen-bond donors (Lipinski definition) is 1. The van der Waals surface area contributed by atoms with Crippen molar-refractivity contribution in [1.82, 2.24) is 19.5 Å². The summed E-state index contributed by atoms with van der Waals surface area (Å²) in [7, 11) is 1.46. The molecule has 0 bridgehead atoms. The van der Waals surface area contributed by atoms with Gasteiger partial charge in [-0.1, -0.05) is 23.7 Å². The molecule has 0 aliphatic carbocycles. The number of nitrogens with one attached hydrogen (secondary N) is 1. The van der Waals surface area contributed by atoms with Crippen LogP contribution in [0, 0.1) is 12.7 Å². The van der Waals surface area contributed by atoms with Crippen LogP contribution in [0.1, 0.15) is 54.1 Å². The Morgan fingerprint density at radius 2 is 1.93 bits per heavy atom. The Labute approximate surface area is 240 Å². The average molecular weight is 577 g/mol. The zero-order chi connectivity index (χ0) is 29.2. The highest BCUT2D eigenvalue weighted by Crippen LogP contribution is 2.54. The first kappa shape index (κ1) is 26.7. The predicted molar refractivity (Wildman–Crippen MR) is 150 cm³/mol. The number of amides is 2. The van der Waals surface area contributed by atoms with Crippen LogP contribution < -0.4 is 19.7 Å². The van der Waals surface area contributed by atoms with Crippen LogP contribution in [0.2, 0.25) is 5.02 Å². The van der Waals surface area contributed by atoms with Crippen LogP contribution >= 0.6 is 11.6 Å². The lowest BCUT2D eigenvalue weighted by Gasteiger charge is -2.35. The van der Waals surface area contributed by atoms with E-state index in [0.717, 1.165) is 11.6 Å². The lowest BCUT2D eigenvalue weighted by molar-refractivity contribution is -0.119. The fraction of sp³-hybridized carbons (Fsp3) is 0.276. The van der Waals surface area contributed by atoms with Gasteiger partial charge in [0.05, 0.1) is 30.7 Å². The van der Waals surface area contributed by atoms with Crippen molar-refractivity contribution in [3.05, 3.63) is 75.9 Å². The third-order valence-electron chi connectivity index (χ3n) is 7.20. The van der Waals surface area contributed by atoms with Crippen LogP contribution in [0.15, 0.2) is 42.6 Å². The standard InChI is InChI=1S/C29H26ClFN6O4/c1-6-41-28-32-13-19(25(35-28)40-5)24-34-22-23(36(24)14(2)3)29(20-8-7-15(4)9-21(20)33-27(29)39)37(26(22)38)18-11-16(30)10-17(31)12-18/h7-14H,6H2,1-5H3,(H,33,39). The molecule has 6 rings (SSSR count). The number of methoxy groups -OCH3 is 1. The molecule has 12 heteroatoms. The Bertz CT molecular complexity index is 1740. The van der Waals surface area contributed by atoms with Crippen LogP contribution in [-0.2, 0) is 10.3 Å². The summed E-state index contributed by atoms with van der Waals surface area (Å²) in [6.07, 6.45) is 1.51. The van der Waals surface area contributed by atoms with E-state index in [0.29, 0.717) is 34.9 Å². The first-order chi connectivity index (χ1) is 19.6. The highest BCUT2D eigenvalue weighted by molar-refractivity contribution is 6.31. The van der Waals surface area contributed by atoms with Gasteiger partial charge in [0.25, 0.3) is 11.8 Å². The minimum atomic E-state index is -1.71.